The van der Waals surface area contributed by atoms with Crippen molar-refractivity contribution < 1.29 is 0 Å². The molecule has 16 heavy (non-hydrogen) atoms. The third kappa shape index (κ3) is 3.51. The van der Waals surface area contributed by atoms with Gasteiger partial charge in [0.05, 0.1) is 11.4 Å². The van der Waals surface area contributed by atoms with Gasteiger partial charge in [-0.05, 0) is 25.0 Å². The minimum absolute atomic E-state index is 0.255. The first-order valence-corrected chi connectivity index (χ1v) is 5.74. The Kier molecular flexibility index (Phi) is 5.28. The van der Waals surface area contributed by atoms with Gasteiger partial charge in [0.25, 0.3) is 0 Å². The maximum absolute atomic E-state index is 5.47. The predicted octanol–water partition coefficient (Wildman–Crippen LogP) is 3.40. The zero-order valence-corrected chi connectivity index (χ0v) is 9.98. The van der Waals surface area contributed by atoms with Crippen LogP contribution < -0.4 is 0 Å². The lowest BCUT2D eigenvalue weighted by Gasteiger charge is -2.08. The van der Waals surface area contributed by atoms with Crippen molar-refractivity contribution in [3.05, 3.63) is 24.0 Å². The molecule has 0 aromatic carbocycles. The van der Waals surface area contributed by atoms with Crippen LogP contribution >= 0.6 is 0 Å². The van der Waals surface area contributed by atoms with Gasteiger partial charge < -0.3 is 0 Å². The minimum Gasteiger partial charge on any atom is -0.259 e. The molecule has 1 unspecified atom stereocenters. The van der Waals surface area contributed by atoms with E-state index < -0.39 is 0 Å². The standard InChI is InChI=1S/C14H18N2/c1-4-9-15-13-8-7-10-16-14(13)11-12(5-2)6-3/h2,7-10,12H,4,6,11H2,1,3H3. The van der Waals surface area contributed by atoms with Crippen LogP contribution in [0.2, 0.25) is 0 Å². The molecule has 2 nitrogen and oxygen atoms in total. The number of rotatable bonds is 5. The Morgan fingerprint density at radius 1 is 1.56 bits per heavy atom. The summed E-state index contributed by atoms with van der Waals surface area (Å²) in [4.78, 5) is 8.75. The van der Waals surface area contributed by atoms with Gasteiger partial charge in [-0.25, -0.2) is 0 Å². The van der Waals surface area contributed by atoms with Crippen LogP contribution in [0, 0.1) is 18.3 Å². The van der Waals surface area contributed by atoms with Gasteiger partial charge in [-0.1, -0.05) is 13.8 Å². The van der Waals surface area contributed by atoms with Crippen molar-refractivity contribution >= 4 is 11.9 Å². The van der Waals surface area contributed by atoms with E-state index in [1.54, 1.807) is 6.20 Å². The summed E-state index contributed by atoms with van der Waals surface area (Å²) < 4.78 is 0. The van der Waals surface area contributed by atoms with Gasteiger partial charge in [-0.3, -0.25) is 9.98 Å². The molecule has 2 heteroatoms. The van der Waals surface area contributed by atoms with E-state index in [2.05, 4.69) is 29.7 Å². The van der Waals surface area contributed by atoms with Crippen molar-refractivity contribution in [2.75, 3.05) is 0 Å². The molecular formula is C14H18N2. The maximum Gasteiger partial charge on any atom is 0.0841 e. The Morgan fingerprint density at radius 2 is 2.38 bits per heavy atom. The Balaban J connectivity index is 2.86. The molecule has 0 spiro atoms. The quantitative estimate of drug-likeness (QED) is 0.544. The summed E-state index contributed by atoms with van der Waals surface area (Å²) in [5.74, 6) is 3.05. The number of nitrogens with zero attached hydrogens (tertiary/aromatic N) is 2. The van der Waals surface area contributed by atoms with E-state index in [0.29, 0.717) is 0 Å². The summed E-state index contributed by atoms with van der Waals surface area (Å²) in [6.07, 6.45) is 11.9. The summed E-state index contributed by atoms with van der Waals surface area (Å²) in [7, 11) is 0. The number of terminal acetylenes is 1. The lowest BCUT2D eigenvalue weighted by Crippen LogP contribution is -2.02. The van der Waals surface area contributed by atoms with Crippen LogP contribution in [0.25, 0.3) is 0 Å². The van der Waals surface area contributed by atoms with Crippen LogP contribution in [0.1, 0.15) is 32.4 Å². The largest absolute Gasteiger partial charge is 0.259 e. The molecule has 0 aliphatic carbocycles. The monoisotopic (exact) mass is 214 g/mol. The lowest BCUT2D eigenvalue weighted by molar-refractivity contribution is 0.637. The highest BCUT2D eigenvalue weighted by molar-refractivity contribution is 5.63. The minimum atomic E-state index is 0.255. The Labute approximate surface area is 97.8 Å². The van der Waals surface area contributed by atoms with Crippen molar-refractivity contribution in [2.45, 2.75) is 33.1 Å². The molecule has 1 heterocycles. The molecule has 1 rings (SSSR count). The Bertz CT molecular complexity index is 388. The van der Waals surface area contributed by atoms with E-state index in [4.69, 9.17) is 6.42 Å². The van der Waals surface area contributed by atoms with Gasteiger partial charge in [-0.2, -0.15) is 0 Å². The van der Waals surface area contributed by atoms with Crippen molar-refractivity contribution in [1.29, 1.82) is 0 Å². The Morgan fingerprint density at radius 3 is 3.00 bits per heavy atom. The van der Waals surface area contributed by atoms with Crippen LogP contribution in [0.3, 0.4) is 0 Å². The molecule has 0 radical (unpaired) electrons. The van der Waals surface area contributed by atoms with E-state index in [1.807, 2.05) is 18.3 Å². The van der Waals surface area contributed by atoms with E-state index >= 15 is 0 Å². The molecule has 0 saturated carbocycles. The molecule has 1 aromatic heterocycles. The second-order valence-corrected chi connectivity index (χ2v) is 3.67. The smallest absolute Gasteiger partial charge is 0.0841 e. The molecule has 0 saturated heterocycles. The van der Waals surface area contributed by atoms with E-state index in [9.17, 15) is 0 Å². The SMILES string of the molecule is C#CC(CC)Cc1ncccc1N=CCC. The number of aromatic nitrogens is 1. The summed E-state index contributed by atoms with van der Waals surface area (Å²) in [5, 5.41) is 0. The third-order valence-corrected chi connectivity index (χ3v) is 2.45. The van der Waals surface area contributed by atoms with Gasteiger partial charge in [-0.15, -0.1) is 12.3 Å². The zero-order chi connectivity index (χ0) is 11.8. The molecule has 0 fully saturated rings. The number of hydrogen-bond donors (Lipinski definition) is 0. The lowest BCUT2D eigenvalue weighted by atomic mass is 10.0. The van der Waals surface area contributed by atoms with Crippen molar-refractivity contribution in [1.82, 2.24) is 4.98 Å². The van der Waals surface area contributed by atoms with Crippen molar-refractivity contribution in [3.63, 3.8) is 0 Å². The summed E-state index contributed by atoms with van der Waals surface area (Å²) in [6, 6.07) is 3.89. The highest BCUT2D eigenvalue weighted by atomic mass is 14.8. The van der Waals surface area contributed by atoms with Gasteiger partial charge in [0.1, 0.15) is 0 Å². The molecule has 1 atom stereocenters. The Hall–Kier alpha value is -1.62. The summed E-state index contributed by atoms with van der Waals surface area (Å²) in [5.41, 5.74) is 1.94. The van der Waals surface area contributed by atoms with Gasteiger partial charge >= 0.3 is 0 Å². The molecular weight excluding hydrogens is 196 g/mol. The molecule has 1 aromatic rings. The summed E-state index contributed by atoms with van der Waals surface area (Å²) >= 11 is 0. The molecule has 0 aliphatic heterocycles. The number of aliphatic imine (C=N–C) groups is 1. The first-order valence-electron chi connectivity index (χ1n) is 5.74. The molecule has 0 amide bonds. The van der Waals surface area contributed by atoms with Crippen LogP contribution in [-0.2, 0) is 6.42 Å². The van der Waals surface area contributed by atoms with Crippen LogP contribution in [-0.4, -0.2) is 11.2 Å². The summed E-state index contributed by atoms with van der Waals surface area (Å²) in [6.45, 7) is 4.16. The zero-order valence-electron chi connectivity index (χ0n) is 9.98. The second kappa shape index (κ2) is 6.79. The highest BCUT2D eigenvalue weighted by Gasteiger charge is 2.08. The predicted molar refractivity (Wildman–Crippen MR) is 69.0 cm³/mol. The number of hydrogen-bond acceptors (Lipinski definition) is 2. The fraction of sp³-hybridized carbons (Fsp3) is 0.429. The fourth-order valence-corrected chi connectivity index (χ4v) is 1.45. The first-order chi connectivity index (χ1) is 7.81. The molecule has 84 valence electrons. The van der Waals surface area contributed by atoms with Crippen LogP contribution in [0.5, 0.6) is 0 Å². The second-order valence-electron chi connectivity index (χ2n) is 3.67. The van der Waals surface area contributed by atoms with Gasteiger partial charge in [0.2, 0.25) is 0 Å². The van der Waals surface area contributed by atoms with Crippen LogP contribution in [0.4, 0.5) is 5.69 Å². The molecule has 0 N–H and O–H groups in total. The van der Waals surface area contributed by atoms with Crippen molar-refractivity contribution in [3.8, 4) is 12.3 Å². The van der Waals surface area contributed by atoms with Crippen LogP contribution in [0.15, 0.2) is 23.3 Å². The number of pyridine rings is 1. The highest BCUT2D eigenvalue weighted by Crippen LogP contribution is 2.20. The average Bonchev–Trinajstić information content (AvgIpc) is 2.34. The van der Waals surface area contributed by atoms with Crippen molar-refractivity contribution in [2.24, 2.45) is 10.9 Å². The fourth-order valence-electron chi connectivity index (χ4n) is 1.45. The topological polar surface area (TPSA) is 25.2 Å². The van der Waals surface area contributed by atoms with E-state index in [0.717, 1.165) is 30.6 Å². The molecule has 0 bridgehead atoms. The molecule has 0 aliphatic rings. The average molecular weight is 214 g/mol. The maximum atomic E-state index is 5.47. The van der Waals surface area contributed by atoms with E-state index in [1.165, 1.54) is 0 Å². The van der Waals surface area contributed by atoms with Gasteiger partial charge in [0, 0.05) is 24.8 Å². The van der Waals surface area contributed by atoms with E-state index in [-0.39, 0.29) is 5.92 Å². The van der Waals surface area contributed by atoms with Gasteiger partial charge in [0.15, 0.2) is 0 Å². The normalized spacial score (nSPS) is 12.6. The first kappa shape index (κ1) is 12.4. The third-order valence-electron chi connectivity index (χ3n) is 2.45.